The predicted octanol–water partition coefficient (Wildman–Crippen LogP) is 3.23. The first-order valence-electron chi connectivity index (χ1n) is 11.4. The summed E-state index contributed by atoms with van der Waals surface area (Å²) >= 11 is 0. The summed E-state index contributed by atoms with van der Waals surface area (Å²) in [6.45, 7) is 5.46. The van der Waals surface area contributed by atoms with Gasteiger partial charge >= 0.3 is 11.7 Å². The summed E-state index contributed by atoms with van der Waals surface area (Å²) in [5.41, 5.74) is 0.980. The summed E-state index contributed by atoms with van der Waals surface area (Å²) < 4.78 is 3.62. The van der Waals surface area contributed by atoms with Crippen molar-refractivity contribution in [1.29, 1.82) is 0 Å². The van der Waals surface area contributed by atoms with E-state index in [1.165, 1.54) is 0 Å². The number of carboxylic acids is 1. The first kappa shape index (κ1) is 19.6. The number of aromatic nitrogens is 4. The monoisotopic (exact) mass is 413 g/mol. The van der Waals surface area contributed by atoms with Crippen molar-refractivity contribution >= 4 is 11.8 Å². The van der Waals surface area contributed by atoms with Gasteiger partial charge in [-0.25, -0.2) is 14.8 Å². The number of aliphatic carboxylic acids is 1. The summed E-state index contributed by atoms with van der Waals surface area (Å²) in [6.07, 6.45) is 8.11. The molecule has 1 atom stereocenters. The molecule has 2 bridgehead atoms. The quantitative estimate of drug-likeness (QED) is 0.754. The topological polar surface area (TPSA) is 102 Å². The van der Waals surface area contributed by atoms with Gasteiger partial charge in [-0.2, -0.15) is 0 Å². The van der Waals surface area contributed by atoms with Gasteiger partial charge in [0.25, 0.3) is 0 Å². The molecule has 3 fully saturated rings. The third-order valence-corrected chi connectivity index (χ3v) is 7.88. The SMILES string of the molecule is CCCn1c2nc(C34CCC(CCC(=O)O)(CC3)CC4)nc-2c2n(c1=O)C[C@@H](C)N2. The Kier molecular flexibility index (Phi) is 4.45. The van der Waals surface area contributed by atoms with Gasteiger partial charge < -0.3 is 10.4 Å². The Morgan fingerprint density at radius 1 is 1.20 bits per heavy atom. The van der Waals surface area contributed by atoms with E-state index in [0.29, 0.717) is 18.9 Å². The Hall–Kier alpha value is -2.38. The summed E-state index contributed by atoms with van der Waals surface area (Å²) in [5, 5.41) is 12.5. The van der Waals surface area contributed by atoms with Gasteiger partial charge in [-0.1, -0.05) is 6.92 Å². The van der Waals surface area contributed by atoms with E-state index in [2.05, 4.69) is 19.2 Å². The normalized spacial score (nSPS) is 29.9. The maximum absolute atomic E-state index is 13.1. The van der Waals surface area contributed by atoms with Crippen LogP contribution in [0, 0.1) is 5.41 Å². The lowest BCUT2D eigenvalue weighted by molar-refractivity contribution is -0.138. The van der Waals surface area contributed by atoms with Gasteiger partial charge in [0.05, 0.1) is 0 Å². The maximum Gasteiger partial charge on any atom is 0.331 e. The molecular formula is C22H31N5O3. The average Bonchev–Trinajstić information content (AvgIpc) is 3.35. The predicted molar refractivity (Wildman–Crippen MR) is 113 cm³/mol. The van der Waals surface area contributed by atoms with Gasteiger partial charge in [-0.15, -0.1) is 0 Å². The number of imidazole rings is 1. The fraction of sp³-hybridized carbons (Fsp3) is 0.727. The molecule has 8 nitrogen and oxygen atoms in total. The first-order valence-corrected chi connectivity index (χ1v) is 11.4. The van der Waals surface area contributed by atoms with Crippen LogP contribution in [0.25, 0.3) is 11.5 Å². The van der Waals surface area contributed by atoms with E-state index in [1.54, 1.807) is 4.57 Å². The fourth-order valence-corrected chi connectivity index (χ4v) is 6.02. The van der Waals surface area contributed by atoms with Crippen molar-refractivity contribution in [3.8, 4) is 11.5 Å². The van der Waals surface area contributed by atoms with E-state index in [4.69, 9.17) is 15.1 Å². The van der Waals surface area contributed by atoms with Crippen LogP contribution in [0.1, 0.15) is 77.5 Å². The van der Waals surface area contributed by atoms with E-state index < -0.39 is 5.97 Å². The summed E-state index contributed by atoms with van der Waals surface area (Å²) in [5.74, 6) is 1.72. The van der Waals surface area contributed by atoms with Crippen molar-refractivity contribution in [3.63, 3.8) is 0 Å². The molecule has 162 valence electrons. The van der Waals surface area contributed by atoms with E-state index in [-0.39, 0.29) is 29.0 Å². The maximum atomic E-state index is 13.1. The number of carboxylic acid groups (broad SMARTS) is 1. The minimum atomic E-state index is -0.695. The Labute approximate surface area is 176 Å². The van der Waals surface area contributed by atoms with Crippen molar-refractivity contribution < 1.29 is 9.90 Å². The Morgan fingerprint density at radius 2 is 1.90 bits per heavy atom. The summed E-state index contributed by atoms with van der Waals surface area (Å²) in [7, 11) is 0. The van der Waals surface area contributed by atoms with Gasteiger partial charge in [0.1, 0.15) is 17.3 Å². The minimum absolute atomic E-state index is 0.000117. The molecule has 30 heavy (non-hydrogen) atoms. The third kappa shape index (κ3) is 2.87. The van der Waals surface area contributed by atoms with E-state index >= 15 is 0 Å². The molecule has 0 amide bonds. The molecule has 6 rings (SSSR count). The minimum Gasteiger partial charge on any atom is -0.481 e. The Balaban J connectivity index is 1.52. The van der Waals surface area contributed by atoms with Crippen molar-refractivity contribution in [3.05, 3.63) is 16.3 Å². The molecule has 0 aromatic carbocycles. The van der Waals surface area contributed by atoms with Crippen molar-refractivity contribution in [2.24, 2.45) is 5.41 Å². The van der Waals surface area contributed by atoms with E-state index in [0.717, 1.165) is 68.7 Å². The fourth-order valence-electron chi connectivity index (χ4n) is 6.02. The molecule has 0 aromatic heterocycles. The van der Waals surface area contributed by atoms with Gasteiger partial charge in [0, 0.05) is 31.0 Å². The molecule has 8 heteroatoms. The lowest BCUT2D eigenvalue weighted by Gasteiger charge is -2.52. The zero-order valence-electron chi connectivity index (χ0n) is 17.9. The van der Waals surface area contributed by atoms with Gasteiger partial charge in [0.2, 0.25) is 0 Å². The van der Waals surface area contributed by atoms with Crippen molar-refractivity contribution in [2.45, 2.75) is 96.2 Å². The number of nitrogens with zero attached hydrogens (tertiary/aromatic N) is 4. The largest absolute Gasteiger partial charge is 0.481 e. The molecule has 0 saturated heterocycles. The lowest BCUT2D eigenvalue weighted by Crippen LogP contribution is -2.44. The second-order valence-electron chi connectivity index (χ2n) is 9.83. The smallest absolute Gasteiger partial charge is 0.331 e. The number of hydrogen-bond acceptors (Lipinski definition) is 5. The zero-order chi connectivity index (χ0) is 21.1. The molecule has 6 aliphatic rings. The van der Waals surface area contributed by atoms with Gasteiger partial charge in [-0.3, -0.25) is 13.9 Å². The molecule has 0 radical (unpaired) electrons. The number of fused-ring (bicyclic) bond motifs is 6. The Morgan fingerprint density at radius 3 is 2.53 bits per heavy atom. The van der Waals surface area contributed by atoms with Crippen LogP contribution in [0.5, 0.6) is 0 Å². The second-order valence-corrected chi connectivity index (χ2v) is 9.83. The molecule has 0 aromatic rings. The highest BCUT2D eigenvalue weighted by molar-refractivity contribution is 5.70. The highest BCUT2D eigenvalue weighted by Crippen LogP contribution is 2.59. The summed E-state index contributed by atoms with van der Waals surface area (Å²) in [6, 6.07) is 0.205. The molecule has 3 aliphatic carbocycles. The van der Waals surface area contributed by atoms with Crippen LogP contribution in [0.3, 0.4) is 0 Å². The van der Waals surface area contributed by atoms with Crippen molar-refractivity contribution in [1.82, 2.24) is 19.1 Å². The molecule has 0 unspecified atom stereocenters. The number of anilines is 1. The zero-order valence-corrected chi connectivity index (χ0v) is 17.9. The number of rotatable bonds is 6. The van der Waals surface area contributed by atoms with Crippen molar-refractivity contribution in [2.75, 3.05) is 5.32 Å². The van der Waals surface area contributed by atoms with Crippen LogP contribution in [0.4, 0.5) is 5.82 Å². The van der Waals surface area contributed by atoms with Gasteiger partial charge in [0.15, 0.2) is 5.82 Å². The summed E-state index contributed by atoms with van der Waals surface area (Å²) in [4.78, 5) is 34.2. The second kappa shape index (κ2) is 6.82. The van der Waals surface area contributed by atoms with E-state index in [1.807, 2.05) is 4.57 Å². The number of nitrogens with one attached hydrogen (secondary N) is 1. The highest BCUT2D eigenvalue weighted by atomic mass is 16.4. The van der Waals surface area contributed by atoms with Gasteiger partial charge in [-0.05, 0) is 63.7 Å². The molecular weight excluding hydrogens is 382 g/mol. The molecule has 3 heterocycles. The number of carbonyl (C=O) groups is 1. The molecule has 0 spiro atoms. The molecule has 2 N–H and O–H groups in total. The third-order valence-electron chi connectivity index (χ3n) is 7.88. The van der Waals surface area contributed by atoms with E-state index in [9.17, 15) is 9.59 Å². The van der Waals surface area contributed by atoms with Crippen LogP contribution in [0.2, 0.25) is 0 Å². The molecule has 3 saturated carbocycles. The number of hydrogen-bond donors (Lipinski definition) is 2. The highest BCUT2D eigenvalue weighted by Gasteiger charge is 2.51. The van der Waals surface area contributed by atoms with Crippen LogP contribution in [-0.2, 0) is 23.3 Å². The van der Waals surface area contributed by atoms with Crippen LogP contribution < -0.4 is 11.0 Å². The van der Waals surface area contributed by atoms with Crippen LogP contribution in [-0.4, -0.2) is 36.2 Å². The standard InChI is InChI=1S/C22H31N5O3/c1-3-12-26-18-16(17-23-14(2)13-27(17)20(26)30)24-19(25-18)22-9-6-21(7-10-22,8-11-22)5-4-15(28)29/h14,23H,3-13H2,1-2H3,(H,28,29)/t14-,21?,22?/m1/s1. The van der Waals surface area contributed by atoms with Crippen LogP contribution in [0.15, 0.2) is 4.79 Å². The average molecular weight is 414 g/mol. The lowest BCUT2D eigenvalue weighted by atomic mass is 9.52. The Bertz CT molecular complexity index is 998. The first-order chi connectivity index (χ1) is 14.4. The van der Waals surface area contributed by atoms with Crippen LogP contribution >= 0.6 is 0 Å². The molecule has 3 aliphatic heterocycles.